The third-order valence-corrected chi connectivity index (χ3v) is 9.51. The van der Waals surface area contributed by atoms with Gasteiger partial charge < -0.3 is 8.83 Å². The van der Waals surface area contributed by atoms with Crippen LogP contribution in [-0.2, 0) is 0 Å². The van der Waals surface area contributed by atoms with Crippen LogP contribution in [0.15, 0.2) is 154 Å². The summed E-state index contributed by atoms with van der Waals surface area (Å²) < 4.78 is 14.5. The Morgan fingerprint density at radius 1 is 0.362 bits per heavy atom. The van der Waals surface area contributed by atoms with Gasteiger partial charge in [-0.25, -0.2) is 0 Å². The van der Waals surface area contributed by atoms with Gasteiger partial charge in [-0.2, -0.15) is 0 Å². The number of thiophene rings is 1. The Bertz CT molecular complexity index is 2500. The van der Waals surface area contributed by atoms with E-state index in [4.69, 9.17) is 8.83 Å². The summed E-state index contributed by atoms with van der Waals surface area (Å²) in [5, 5.41) is 19.6. The van der Waals surface area contributed by atoms with Gasteiger partial charge in [0.2, 0.25) is 23.6 Å². The molecule has 0 fully saturated rings. The molecule has 0 amide bonds. The number of hydrogen-bond acceptors (Lipinski definition) is 7. The zero-order valence-electron chi connectivity index (χ0n) is 24.9. The third-order valence-electron chi connectivity index (χ3n) is 8.30. The van der Waals surface area contributed by atoms with E-state index in [1.807, 2.05) is 96.3 Å². The Morgan fingerprint density at radius 3 is 1.30 bits per heavy atom. The number of aromatic nitrogens is 4. The first-order chi connectivity index (χ1) is 23.3. The SMILES string of the molecule is c1ccc(-c2nnc(-c3ccc(-c4ccc(-c5ccc(-c6nnc(-c7ccccc7)o6)cc5)c5c4sc4ccccc45)cc3)o2)cc1. The lowest BCUT2D eigenvalue weighted by Gasteiger charge is -2.10. The van der Waals surface area contributed by atoms with Crippen LogP contribution in [0.2, 0.25) is 0 Å². The minimum atomic E-state index is 0.497. The van der Waals surface area contributed by atoms with E-state index in [1.54, 1.807) is 0 Å². The van der Waals surface area contributed by atoms with E-state index in [-0.39, 0.29) is 0 Å². The van der Waals surface area contributed by atoms with Crippen LogP contribution in [0.5, 0.6) is 0 Å². The molecule has 0 atom stereocenters. The quantitative estimate of drug-likeness (QED) is 0.183. The molecule has 0 aliphatic heterocycles. The Kier molecular flexibility index (Phi) is 6.54. The van der Waals surface area contributed by atoms with Gasteiger partial charge in [-0.1, -0.05) is 91.0 Å². The summed E-state index contributed by atoms with van der Waals surface area (Å²) in [4.78, 5) is 0. The second kappa shape index (κ2) is 11.3. The first-order valence-electron chi connectivity index (χ1n) is 15.2. The second-order valence-corrected chi connectivity index (χ2v) is 12.2. The molecule has 0 aliphatic rings. The van der Waals surface area contributed by atoms with Gasteiger partial charge in [0.1, 0.15) is 0 Å². The van der Waals surface area contributed by atoms with Crippen molar-refractivity contribution in [2.24, 2.45) is 0 Å². The van der Waals surface area contributed by atoms with Crippen LogP contribution in [0.25, 0.3) is 88.2 Å². The van der Waals surface area contributed by atoms with Crippen LogP contribution in [0.1, 0.15) is 0 Å². The molecule has 47 heavy (non-hydrogen) atoms. The van der Waals surface area contributed by atoms with Crippen LogP contribution >= 0.6 is 11.3 Å². The minimum absolute atomic E-state index is 0.497. The maximum absolute atomic E-state index is 6.01. The van der Waals surface area contributed by atoms with E-state index in [9.17, 15) is 0 Å². The number of rotatable bonds is 6. The third kappa shape index (κ3) is 4.90. The maximum Gasteiger partial charge on any atom is 0.248 e. The Balaban J connectivity index is 1.07. The van der Waals surface area contributed by atoms with Crippen molar-refractivity contribution in [1.82, 2.24) is 20.4 Å². The molecule has 0 spiro atoms. The first-order valence-corrected chi connectivity index (χ1v) is 16.0. The molecule has 3 heterocycles. The molecule has 0 saturated carbocycles. The lowest BCUT2D eigenvalue weighted by atomic mass is 9.94. The molecule has 9 aromatic rings. The highest BCUT2D eigenvalue weighted by molar-refractivity contribution is 7.26. The van der Waals surface area contributed by atoms with E-state index in [0.29, 0.717) is 23.6 Å². The summed E-state index contributed by atoms with van der Waals surface area (Å²) in [6.45, 7) is 0. The predicted octanol–water partition coefficient (Wildman–Crippen LogP) is 10.8. The van der Waals surface area contributed by atoms with Crippen LogP contribution in [0.3, 0.4) is 0 Å². The van der Waals surface area contributed by atoms with Crippen LogP contribution in [-0.4, -0.2) is 20.4 Å². The summed E-state index contributed by atoms with van der Waals surface area (Å²) in [5.41, 5.74) is 8.17. The Morgan fingerprint density at radius 2 is 0.766 bits per heavy atom. The average molecular weight is 625 g/mol. The van der Waals surface area contributed by atoms with Crippen molar-refractivity contribution >= 4 is 31.5 Å². The molecule has 0 saturated heterocycles. The number of hydrogen-bond donors (Lipinski definition) is 0. The molecule has 0 bridgehead atoms. The zero-order valence-corrected chi connectivity index (χ0v) is 25.7. The van der Waals surface area contributed by atoms with E-state index >= 15 is 0 Å². The van der Waals surface area contributed by atoms with Gasteiger partial charge in [-0.15, -0.1) is 31.7 Å². The Labute approximate surface area is 273 Å². The van der Waals surface area contributed by atoms with Gasteiger partial charge in [0.05, 0.1) is 0 Å². The molecular formula is C40H24N4O2S. The number of fused-ring (bicyclic) bond motifs is 3. The van der Waals surface area contributed by atoms with Crippen molar-refractivity contribution in [2.45, 2.75) is 0 Å². The lowest BCUT2D eigenvalue weighted by Crippen LogP contribution is -1.85. The van der Waals surface area contributed by atoms with E-state index in [2.05, 4.69) is 81.1 Å². The number of benzene rings is 6. The minimum Gasteiger partial charge on any atom is -0.416 e. The topological polar surface area (TPSA) is 77.8 Å². The summed E-state index contributed by atoms with van der Waals surface area (Å²) >= 11 is 1.82. The van der Waals surface area contributed by atoms with Crippen LogP contribution in [0, 0.1) is 0 Å². The van der Waals surface area contributed by atoms with E-state index in [0.717, 1.165) is 33.4 Å². The van der Waals surface area contributed by atoms with Crippen molar-refractivity contribution in [3.8, 4) is 68.1 Å². The molecule has 3 aromatic heterocycles. The highest BCUT2D eigenvalue weighted by Crippen LogP contribution is 2.45. The summed E-state index contributed by atoms with van der Waals surface area (Å²) in [5.74, 6) is 2.01. The normalized spacial score (nSPS) is 11.4. The van der Waals surface area contributed by atoms with E-state index < -0.39 is 0 Å². The first kappa shape index (κ1) is 27.2. The fourth-order valence-electron chi connectivity index (χ4n) is 5.96. The van der Waals surface area contributed by atoms with Gasteiger partial charge in [0.25, 0.3) is 0 Å². The molecule has 0 N–H and O–H groups in total. The average Bonchev–Trinajstić information content (AvgIpc) is 3.92. The summed E-state index contributed by atoms with van der Waals surface area (Å²) in [6, 6.07) is 49.4. The molecule has 9 rings (SSSR count). The molecule has 0 aliphatic carbocycles. The van der Waals surface area contributed by atoms with Gasteiger partial charge in [0.15, 0.2) is 0 Å². The molecular weight excluding hydrogens is 601 g/mol. The van der Waals surface area contributed by atoms with Crippen molar-refractivity contribution < 1.29 is 8.83 Å². The fourth-order valence-corrected chi connectivity index (χ4v) is 7.22. The van der Waals surface area contributed by atoms with Crippen LogP contribution < -0.4 is 0 Å². The predicted molar refractivity (Wildman–Crippen MR) is 188 cm³/mol. The fraction of sp³-hybridized carbons (Fsp3) is 0. The van der Waals surface area contributed by atoms with Crippen molar-refractivity contribution in [3.05, 3.63) is 146 Å². The maximum atomic E-state index is 6.01. The highest BCUT2D eigenvalue weighted by Gasteiger charge is 2.17. The standard InChI is InChI=1S/C40H24N4O2S/c1-3-9-27(10-4-1)37-41-43-39(45-37)29-19-15-25(16-20-29)31-23-24-32(36-35(31)33-13-7-8-14-34(33)47-36)26-17-21-30(22-18-26)40-44-42-38(46-40)28-11-5-2-6-12-28/h1-24H. The zero-order chi connectivity index (χ0) is 31.2. The largest absolute Gasteiger partial charge is 0.416 e. The molecule has 6 aromatic carbocycles. The van der Waals surface area contributed by atoms with Gasteiger partial charge in [-0.3, -0.25) is 0 Å². The summed E-state index contributed by atoms with van der Waals surface area (Å²) in [6.07, 6.45) is 0. The van der Waals surface area contributed by atoms with Crippen LogP contribution in [0.4, 0.5) is 0 Å². The van der Waals surface area contributed by atoms with Crippen molar-refractivity contribution in [2.75, 3.05) is 0 Å². The van der Waals surface area contributed by atoms with Gasteiger partial charge >= 0.3 is 0 Å². The molecule has 0 radical (unpaired) electrons. The highest BCUT2D eigenvalue weighted by atomic mass is 32.1. The monoisotopic (exact) mass is 624 g/mol. The Hall–Kier alpha value is -6.18. The number of nitrogens with zero attached hydrogens (tertiary/aromatic N) is 4. The van der Waals surface area contributed by atoms with Gasteiger partial charge in [-0.05, 0) is 76.9 Å². The molecule has 7 heteroatoms. The summed E-state index contributed by atoms with van der Waals surface area (Å²) in [7, 11) is 0. The van der Waals surface area contributed by atoms with Crippen molar-refractivity contribution in [1.29, 1.82) is 0 Å². The molecule has 0 unspecified atom stereocenters. The lowest BCUT2D eigenvalue weighted by molar-refractivity contribution is 0.584. The van der Waals surface area contributed by atoms with Crippen molar-refractivity contribution in [3.63, 3.8) is 0 Å². The molecule has 222 valence electrons. The molecule has 6 nitrogen and oxygen atoms in total. The van der Waals surface area contributed by atoms with E-state index in [1.165, 1.54) is 31.3 Å². The second-order valence-electron chi connectivity index (χ2n) is 11.2. The van der Waals surface area contributed by atoms with Gasteiger partial charge in [0, 0.05) is 42.4 Å². The smallest absolute Gasteiger partial charge is 0.248 e.